The topological polar surface area (TPSA) is 47.4 Å². The van der Waals surface area contributed by atoms with Crippen LogP contribution >= 0.6 is 0 Å². The fourth-order valence-electron chi connectivity index (χ4n) is 11.3. The van der Waals surface area contributed by atoms with Crippen LogP contribution in [-0.2, 0) is 5.41 Å². The highest BCUT2D eigenvalue weighted by atomic mass is 15.0. The van der Waals surface area contributed by atoms with Crippen LogP contribution in [0.4, 0.5) is 11.4 Å². The summed E-state index contributed by atoms with van der Waals surface area (Å²) in [6.07, 6.45) is 6.52. The second-order valence-electron chi connectivity index (χ2n) is 16.8. The second-order valence-corrected chi connectivity index (χ2v) is 16.8. The van der Waals surface area contributed by atoms with E-state index in [1.165, 1.54) is 59.6 Å². The van der Waals surface area contributed by atoms with Crippen LogP contribution in [0.2, 0.25) is 0 Å². The summed E-state index contributed by atoms with van der Waals surface area (Å²) in [5, 5.41) is 4.65. The molecular weight excluding hydrogens is 707 g/mol. The largest absolute Gasteiger partial charge is 0.238 e. The zero-order valence-electron chi connectivity index (χ0n) is 32.0. The van der Waals surface area contributed by atoms with Crippen molar-refractivity contribution in [2.75, 3.05) is 0 Å². The molecule has 0 spiro atoms. The highest BCUT2D eigenvalue weighted by Crippen LogP contribution is 2.66. The molecule has 4 aliphatic carbocycles. The van der Waals surface area contributed by atoms with Crippen molar-refractivity contribution in [3.8, 4) is 45.3 Å². The molecule has 5 nitrogen and oxygen atoms in total. The van der Waals surface area contributed by atoms with Gasteiger partial charge in [-0.05, 0) is 106 Å². The smallest absolute Gasteiger partial charge is 0.194 e. The number of fused-ring (bicyclic) bond motifs is 2. The lowest BCUT2D eigenvalue weighted by Crippen LogP contribution is -2.53. The van der Waals surface area contributed by atoms with Gasteiger partial charge in [0.05, 0.1) is 13.1 Å². The third kappa shape index (κ3) is 5.69. The Morgan fingerprint density at radius 3 is 1.79 bits per heavy atom. The van der Waals surface area contributed by atoms with Crippen LogP contribution in [0.25, 0.3) is 76.5 Å². The van der Waals surface area contributed by atoms with E-state index in [0.29, 0.717) is 40.7 Å². The van der Waals surface area contributed by atoms with Crippen LogP contribution in [0.1, 0.15) is 49.1 Å². The van der Waals surface area contributed by atoms with Crippen LogP contribution in [0.3, 0.4) is 0 Å². The third-order valence-electron chi connectivity index (χ3n) is 13.5. The molecule has 3 unspecified atom stereocenters. The minimum absolute atomic E-state index is 0.0918. The molecule has 5 heteroatoms. The number of hydrogen-bond donors (Lipinski definition) is 0. The van der Waals surface area contributed by atoms with Gasteiger partial charge in [0.2, 0.25) is 0 Å². The molecule has 58 heavy (non-hydrogen) atoms. The summed E-state index contributed by atoms with van der Waals surface area (Å²) >= 11 is 0. The monoisotopic (exact) mass is 745 g/mol. The van der Waals surface area contributed by atoms with Gasteiger partial charge in [-0.15, -0.1) is 0 Å². The molecule has 4 fully saturated rings. The number of hydrogen-bond acceptors (Lipinski definition) is 3. The molecule has 0 amide bonds. The summed E-state index contributed by atoms with van der Waals surface area (Å²) in [7, 11) is 0. The molecule has 0 aliphatic heterocycles. The molecule has 4 aliphatic rings. The first-order valence-corrected chi connectivity index (χ1v) is 20.4. The van der Waals surface area contributed by atoms with Gasteiger partial charge in [0.25, 0.3) is 0 Å². The molecule has 12 rings (SSSR count). The van der Waals surface area contributed by atoms with E-state index >= 15 is 0 Å². The van der Waals surface area contributed by atoms with E-state index in [1.807, 2.05) is 66.7 Å². The van der Waals surface area contributed by atoms with Gasteiger partial charge in [0.15, 0.2) is 28.8 Å². The van der Waals surface area contributed by atoms with Crippen LogP contribution in [0, 0.1) is 30.9 Å². The van der Waals surface area contributed by atoms with Crippen molar-refractivity contribution in [3.63, 3.8) is 0 Å². The molecule has 0 N–H and O–H groups in total. The summed E-state index contributed by atoms with van der Waals surface area (Å²) in [5.41, 5.74) is 9.40. The Labute approximate surface area is 338 Å². The Morgan fingerprint density at radius 2 is 1.10 bits per heavy atom. The molecule has 276 valence electrons. The first kappa shape index (κ1) is 34.3. The Hall–Kier alpha value is -6.95. The third-order valence-corrected chi connectivity index (χ3v) is 13.5. The molecule has 4 bridgehead atoms. The lowest BCUT2D eigenvalue weighted by Gasteiger charge is -2.62. The zero-order chi connectivity index (χ0) is 38.8. The molecule has 4 saturated carbocycles. The van der Waals surface area contributed by atoms with E-state index in [9.17, 15) is 0 Å². The lowest BCUT2D eigenvalue weighted by atomic mass is 9.42. The maximum atomic E-state index is 7.68. The minimum atomic E-state index is 0.0918. The highest BCUT2D eigenvalue weighted by molar-refractivity contribution is 6.04. The first-order chi connectivity index (χ1) is 28.5. The second kappa shape index (κ2) is 13.6. The van der Waals surface area contributed by atoms with Crippen molar-refractivity contribution >= 4 is 32.9 Å². The average molecular weight is 746 g/mol. The van der Waals surface area contributed by atoms with Crippen molar-refractivity contribution in [1.29, 1.82) is 0 Å². The molecular formula is C53H39N5. The van der Waals surface area contributed by atoms with Crippen LogP contribution in [0.5, 0.6) is 0 Å². The fourth-order valence-corrected chi connectivity index (χ4v) is 11.3. The number of aromatic nitrogens is 3. The van der Waals surface area contributed by atoms with Gasteiger partial charge in [-0.1, -0.05) is 146 Å². The maximum absolute atomic E-state index is 7.68. The molecule has 7 aromatic carbocycles. The SMILES string of the molecule is [C-]#[N+]c1ccc(-c2nc(-c3ccccc3)nc(-c3ccc(C45CC6CC(CC(C6)C4c4ccc6cc(-c7cccc8c([N+]#[C-])cccc78)ccc6c4)C5)cc3)n2)cc1. The molecule has 1 heterocycles. The average Bonchev–Trinajstić information content (AvgIpc) is 3.28. The number of benzene rings is 7. The number of rotatable bonds is 6. The Kier molecular flexibility index (Phi) is 8.05. The van der Waals surface area contributed by atoms with E-state index in [1.54, 1.807) is 0 Å². The normalized spacial score (nSPS) is 21.8. The highest BCUT2D eigenvalue weighted by Gasteiger charge is 2.58. The van der Waals surface area contributed by atoms with E-state index < -0.39 is 0 Å². The Morgan fingerprint density at radius 1 is 0.500 bits per heavy atom. The number of nitrogens with zero attached hydrogens (tertiary/aromatic N) is 5. The quantitative estimate of drug-likeness (QED) is 0.159. The van der Waals surface area contributed by atoms with Crippen molar-refractivity contribution < 1.29 is 0 Å². The molecule has 3 atom stereocenters. The van der Waals surface area contributed by atoms with Crippen molar-refractivity contribution in [1.82, 2.24) is 15.0 Å². The van der Waals surface area contributed by atoms with Crippen molar-refractivity contribution in [2.45, 2.75) is 43.4 Å². The van der Waals surface area contributed by atoms with Gasteiger partial charge in [-0.2, -0.15) is 0 Å². The van der Waals surface area contributed by atoms with E-state index in [0.717, 1.165) is 44.9 Å². The van der Waals surface area contributed by atoms with Gasteiger partial charge < -0.3 is 0 Å². The Balaban J connectivity index is 0.960. The molecule has 1 aromatic heterocycles. The Bertz CT molecular complexity index is 2960. The van der Waals surface area contributed by atoms with Crippen LogP contribution in [0.15, 0.2) is 152 Å². The summed E-state index contributed by atoms with van der Waals surface area (Å²) in [4.78, 5) is 22.3. The van der Waals surface area contributed by atoms with E-state index in [-0.39, 0.29) is 5.41 Å². The van der Waals surface area contributed by atoms with Gasteiger partial charge in [-0.3, -0.25) is 0 Å². The van der Waals surface area contributed by atoms with Crippen molar-refractivity contribution in [2.24, 2.45) is 17.8 Å². The summed E-state index contributed by atoms with van der Waals surface area (Å²) in [6, 6.07) is 53.2. The van der Waals surface area contributed by atoms with Crippen LogP contribution in [-0.4, -0.2) is 15.0 Å². The molecule has 8 aromatic rings. The summed E-state index contributed by atoms with van der Waals surface area (Å²) in [5.74, 6) is 4.60. The first-order valence-electron chi connectivity index (χ1n) is 20.4. The van der Waals surface area contributed by atoms with Gasteiger partial charge >= 0.3 is 0 Å². The molecule has 0 radical (unpaired) electrons. The standard InChI is InChI=1S/C53H39N5/c1-54-44-24-20-37(21-25-44)52-57-50(35-8-4-3-5-9-35)56-51(58-52)36-18-22-43(23-19-36)53-31-33-26-34(32-53)28-42(27-33)49(53)41-17-15-38-29-40(16-14-39(38)30-41)45-10-6-12-47-46(45)11-7-13-48(47)55-2/h3-25,29-30,33-34,42,49H,26-28,31-32H2. The van der Waals surface area contributed by atoms with Gasteiger partial charge in [0.1, 0.15) is 0 Å². The summed E-state index contributed by atoms with van der Waals surface area (Å²) < 4.78 is 0. The summed E-state index contributed by atoms with van der Waals surface area (Å²) in [6.45, 7) is 15.1. The predicted molar refractivity (Wildman–Crippen MR) is 234 cm³/mol. The molecule has 0 saturated heterocycles. The van der Waals surface area contributed by atoms with Gasteiger partial charge in [0, 0.05) is 22.1 Å². The van der Waals surface area contributed by atoms with Gasteiger partial charge in [-0.25, -0.2) is 24.6 Å². The van der Waals surface area contributed by atoms with Crippen LogP contribution < -0.4 is 0 Å². The predicted octanol–water partition coefficient (Wildman–Crippen LogP) is 13.8. The maximum Gasteiger partial charge on any atom is 0.194 e. The zero-order valence-corrected chi connectivity index (χ0v) is 32.0. The lowest BCUT2D eigenvalue weighted by molar-refractivity contribution is -0.0280. The fraction of sp³-hybridized carbons (Fsp3) is 0.189. The van der Waals surface area contributed by atoms with E-state index in [2.05, 4.69) is 94.6 Å². The minimum Gasteiger partial charge on any atom is -0.238 e. The van der Waals surface area contributed by atoms with E-state index in [4.69, 9.17) is 28.1 Å². The van der Waals surface area contributed by atoms with Crippen molar-refractivity contribution in [3.05, 3.63) is 186 Å².